The Labute approximate surface area is 76.8 Å². The van der Waals surface area contributed by atoms with Crippen LogP contribution in [0.3, 0.4) is 0 Å². The molecule has 0 unspecified atom stereocenters. The summed E-state index contributed by atoms with van der Waals surface area (Å²) in [5.41, 5.74) is 5.64. The number of hydrogen-bond acceptors (Lipinski definition) is 4. The normalized spacial score (nSPS) is 27.5. The minimum atomic E-state index is -0.488. The smallest absolute Gasteiger partial charge is 0.328 e. The van der Waals surface area contributed by atoms with Crippen molar-refractivity contribution in [2.24, 2.45) is 5.73 Å². The van der Waals surface area contributed by atoms with Crippen LogP contribution in [0.4, 0.5) is 0 Å². The van der Waals surface area contributed by atoms with Gasteiger partial charge in [0.1, 0.15) is 6.04 Å². The fourth-order valence-corrected chi connectivity index (χ4v) is 1.58. The van der Waals surface area contributed by atoms with E-state index < -0.39 is 6.04 Å². The Bertz CT molecular complexity index is 229. The van der Waals surface area contributed by atoms with E-state index in [1.54, 1.807) is 0 Å². The van der Waals surface area contributed by atoms with Crippen LogP contribution < -0.4 is 5.73 Å². The Balaban J connectivity index is 2.71. The maximum Gasteiger partial charge on any atom is 0.328 e. The number of likely N-dealkylation sites (tertiary alicyclic amines) is 1. The number of rotatable bonds is 1. The third-order valence-electron chi connectivity index (χ3n) is 2.21. The highest BCUT2D eigenvalue weighted by atomic mass is 16.5. The SMILES string of the molecule is COC(=O)[C@@H]1C[C@@H](N)CN1C(C)=O. The van der Waals surface area contributed by atoms with Gasteiger partial charge in [-0.25, -0.2) is 4.79 Å². The van der Waals surface area contributed by atoms with Gasteiger partial charge in [0.15, 0.2) is 0 Å². The lowest BCUT2D eigenvalue weighted by atomic mass is 10.2. The van der Waals surface area contributed by atoms with E-state index in [0.29, 0.717) is 13.0 Å². The summed E-state index contributed by atoms with van der Waals surface area (Å²) in [6.07, 6.45) is 0.492. The molecule has 1 fully saturated rings. The van der Waals surface area contributed by atoms with E-state index in [-0.39, 0.29) is 17.9 Å². The maximum atomic E-state index is 11.2. The van der Waals surface area contributed by atoms with Crippen molar-refractivity contribution in [1.29, 1.82) is 0 Å². The summed E-state index contributed by atoms with van der Waals surface area (Å²) in [5.74, 6) is -0.522. The number of amides is 1. The van der Waals surface area contributed by atoms with Gasteiger partial charge in [-0.2, -0.15) is 0 Å². The fourth-order valence-electron chi connectivity index (χ4n) is 1.58. The Morgan fingerprint density at radius 3 is 2.62 bits per heavy atom. The first-order valence-electron chi connectivity index (χ1n) is 4.17. The Morgan fingerprint density at radius 1 is 1.54 bits per heavy atom. The summed E-state index contributed by atoms with van der Waals surface area (Å²) in [6.45, 7) is 1.86. The third-order valence-corrected chi connectivity index (χ3v) is 2.21. The van der Waals surface area contributed by atoms with Crippen molar-refractivity contribution in [2.45, 2.75) is 25.4 Å². The van der Waals surface area contributed by atoms with Gasteiger partial charge in [0.2, 0.25) is 5.91 Å². The van der Waals surface area contributed by atoms with E-state index in [2.05, 4.69) is 4.74 Å². The minimum Gasteiger partial charge on any atom is -0.467 e. The molecule has 2 N–H and O–H groups in total. The molecule has 1 heterocycles. The third kappa shape index (κ3) is 1.98. The van der Waals surface area contributed by atoms with Gasteiger partial charge in [0, 0.05) is 19.5 Å². The van der Waals surface area contributed by atoms with Crippen LogP contribution in [-0.4, -0.2) is 42.5 Å². The zero-order valence-electron chi connectivity index (χ0n) is 7.82. The number of nitrogens with zero attached hydrogens (tertiary/aromatic N) is 1. The first kappa shape index (κ1) is 9.98. The minimum absolute atomic E-state index is 0.118. The molecule has 0 spiro atoms. The summed E-state index contributed by atoms with van der Waals surface area (Å²) < 4.78 is 4.57. The molecule has 0 aromatic heterocycles. The number of nitrogens with two attached hydrogens (primary N) is 1. The molecule has 1 saturated heterocycles. The Hall–Kier alpha value is -1.10. The van der Waals surface area contributed by atoms with Crippen molar-refractivity contribution in [3.63, 3.8) is 0 Å². The molecule has 0 aromatic rings. The number of hydrogen-bond donors (Lipinski definition) is 1. The van der Waals surface area contributed by atoms with Gasteiger partial charge in [-0.15, -0.1) is 0 Å². The number of esters is 1. The zero-order valence-corrected chi connectivity index (χ0v) is 7.82. The van der Waals surface area contributed by atoms with Crippen LogP contribution in [0.25, 0.3) is 0 Å². The Morgan fingerprint density at radius 2 is 2.15 bits per heavy atom. The lowest BCUT2D eigenvalue weighted by Gasteiger charge is -2.20. The van der Waals surface area contributed by atoms with E-state index in [1.807, 2.05) is 0 Å². The Kier molecular flexibility index (Phi) is 2.87. The average Bonchev–Trinajstić information content (AvgIpc) is 2.46. The van der Waals surface area contributed by atoms with Crippen molar-refractivity contribution in [3.8, 4) is 0 Å². The van der Waals surface area contributed by atoms with Gasteiger partial charge in [-0.1, -0.05) is 0 Å². The van der Waals surface area contributed by atoms with Crippen LogP contribution >= 0.6 is 0 Å². The van der Waals surface area contributed by atoms with E-state index in [0.717, 1.165) is 0 Å². The molecule has 1 aliphatic heterocycles. The second kappa shape index (κ2) is 3.74. The van der Waals surface area contributed by atoms with Crippen molar-refractivity contribution >= 4 is 11.9 Å². The van der Waals surface area contributed by atoms with Crippen molar-refractivity contribution in [2.75, 3.05) is 13.7 Å². The second-order valence-corrected chi connectivity index (χ2v) is 3.21. The first-order valence-corrected chi connectivity index (χ1v) is 4.17. The van der Waals surface area contributed by atoms with Gasteiger partial charge in [0.05, 0.1) is 7.11 Å². The highest BCUT2D eigenvalue weighted by molar-refractivity contribution is 5.84. The molecule has 1 rings (SSSR count). The number of ether oxygens (including phenoxy) is 1. The van der Waals surface area contributed by atoms with E-state index >= 15 is 0 Å². The molecule has 5 nitrogen and oxygen atoms in total. The maximum absolute atomic E-state index is 11.2. The highest BCUT2D eigenvalue weighted by Gasteiger charge is 2.37. The predicted octanol–water partition coefficient (Wildman–Crippen LogP) is -0.892. The second-order valence-electron chi connectivity index (χ2n) is 3.21. The van der Waals surface area contributed by atoms with Crippen LogP contribution in [-0.2, 0) is 14.3 Å². The molecule has 0 saturated carbocycles. The van der Waals surface area contributed by atoms with Crippen molar-refractivity contribution < 1.29 is 14.3 Å². The average molecular weight is 186 g/mol. The molecule has 0 bridgehead atoms. The monoisotopic (exact) mass is 186 g/mol. The first-order chi connectivity index (χ1) is 6.06. The van der Waals surface area contributed by atoms with Gasteiger partial charge < -0.3 is 15.4 Å². The van der Waals surface area contributed by atoms with Crippen molar-refractivity contribution in [3.05, 3.63) is 0 Å². The number of carbonyl (C=O) groups is 2. The molecule has 0 radical (unpaired) electrons. The van der Waals surface area contributed by atoms with Gasteiger partial charge in [0.25, 0.3) is 0 Å². The molecule has 5 heteroatoms. The molecule has 1 aliphatic rings. The van der Waals surface area contributed by atoms with E-state index in [4.69, 9.17) is 5.73 Å². The molecule has 1 amide bonds. The zero-order chi connectivity index (χ0) is 10.0. The quantitative estimate of drug-likeness (QED) is 0.539. The van der Waals surface area contributed by atoms with Crippen LogP contribution in [0.2, 0.25) is 0 Å². The lowest BCUT2D eigenvalue weighted by Crippen LogP contribution is -2.40. The molecule has 74 valence electrons. The molecule has 2 atom stereocenters. The topological polar surface area (TPSA) is 72.6 Å². The highest BCUT2D eigenvalue weighted by Crippen LogP contribution is 2.17. The molecule has 0 aromatic carbocycles. The largest absolute Gasteiger partial charge is 0.467 e. The molecular weight excluding hydrogens is 172 g/mol. The lowest BCUT2D eigenvalue weighted by molar-refractivity contribution is -0.150. The summed E-state index contributed by atoms with van der Waals surface area (Å²) in [5, 5.41) is 0. The van der Waals surface area contributed by atoms with Gasteiger partial charge in [-0.3, -0.25) is 4.79 Å². The van der Waals surface area contributed by atoms with Gasteiger partial charge >= 0.3 is 5.97 Å². The summed E-state index contributed by atoms with van der Waals surface area (Å²) in [4.78, 5) is 23.7. The van der Waals surface area contributed by atoms with E-state index in [1.165, 1.54) is 18.9 Å². The van der Waals surface area contributed by atoms with Crippen LogP contribution in [0, 0.1) is 0 Å². The number of methoxy groups -OCH3 is 1. The summed E-state index contributed by atoms with van der Waals surface area (Å²) in [6, 6.07) is -0.606. The van der Waals surface area contributed by atoms with Gasteiger partial charge in [-0.05, 0) is 6.42 Å². The summed E-state index contributed by atoms with van der Waals surface area (Å²) in [7, 11) is 1.31. The number of carbonyl (C=O) groups excluding carboxylic acids is 2. The molecular formula is C8H14N2O3. The summed E-state index contributed by atoms with van der Waals surface area (Å²) >= 11 is 0. The van der Waals surface area contributed by atoms with Crippen LogP contribution in [0.15, 0.2) is 0 Å². The standard InChI is InChI=1S/C8H14N2O3/c1-5(11)10-4-6(9)3-7(10)8(12)13-2/h6-7H,3-4,9H2,1-2H3/t6-,7+/m1/s1. The van der Waals surface area contributed by atoms with Crippen LogP contribution in [0.1, 0.15) is 13.3 Å². The van der Waals surface area contributed by atoms with Crippen LogP contribution in [0.5, 0.6) is 0 Å². The van der Waals surface area contributed by atoms with E-state index in [9.17, 15) is 9.59 Å². The molecule has 13 heavy (non-hydrogen) atoms. The fraction of sp³-hybridized carbons (Fsp3) is 0.750. The van der Waals surface area contributed by atoms with Crippen molar-refractivity contribution in [1.82, 2.24) is 4.90 Å². The predicted molar refractivity (Wildman–Crippen MR) is 45.8 cm³/mol. The molecule has 0 aliphatic carbocycles.